The summed E-state index contributed by atoms with van der Waals surface area (Å²) in [6, 6.07) is 6.11. The molecule has 0 aliphatic carbocycles. The summed E-state index contributed by atoms with van der Waals surface area (Å²) in [5.41, 5.74) is 3.43. The van der Waals surface area contributed by atoms with Gasteiger partial charge in [-0.1, -0.05) is 18.2 Å². The minimum atomic E-state index is -0.00748. The third-order valence-electron chi connectivity index (χ3n) is 5.31. The second kappa shape index (κ2) is 6.93. The number of ether oxygens (including phenoxy) is 1. The molecule has 2 heterocycles. The van der Waals surface area contributed by atoms with Gasteiger partial charge in [0.2, 0.25) is 11.8 Å². The van der Waals surface area contributed by atoms with Gasteiger partial charge in [-0.05, 0) is 37.0 Å². The number of hydrogen-bond acceptors (Lipinski definition) is 3. The molecule has 3 rings (SSSR count). The predicted octanol–water partition coefficient (Wildman–Crippen LogP) is 1.69. The van der Waals surface area contributed by atoms with Crippen molar-refractivity contribution < 1.29 is 14.3 Å². The van der Waals surface area contributed by atoms with Crippen LogP contribution in [0.1, 0.15) is 30.0 Å². The maximum Gasteiger partial charge on any atom is 0.227 e. The number of benzene rings is 1. The molecule has 130 valence electrons. The average molecular weight is 330 g/mol. The fourth-order valence-electron chi connectivity index (χ4n) is 3.88. The normalized spacial score (nSPS) is 23.8. The van der Waals surface area contributed by atoms with Gasteiger partial charge in [0.15, 0.2) is 0 Å². The smallest absolute Gasteiger partial charge is 0.227 e. The van der Waals surface area contributed by atoms with E-state index in [2.05, 4.69) is 0 Å². The van der Waals surface area contributed by atoms with E-state index in [-0.39, 0.29) is 24.0 Å². The summed E-state index contributed by atoms with van der Waals surface area (Å²) < 4.78 is 5.82. The SMILES string of the molecule is CC(=O)N1CCOC2CCN(C(=O)Cc3c(C)cccc3C)CC21. The van der Waals surface area contributed by atoms with Crippen molar-refractivity contribution in [3.8, 4) is 0 Å². The number of nitrogens with zero attached hydrogens (tertiary/aromatic N) is 2. The maximum atomic E-state index is 12.8. The lowest BCUT2D eigenvalue weighted by molar-refractivity contribution is -0.155. The Kier molecular flexibility index (Phi) is 4.90. The number of amides is 2. The fraction of sp³-hybridized carbons (Fsp3) is 0.579. The van der Waals surface area contributed by atoms with Crippen molar-refractivity contribution in [2.24, 2.45) is 0 Å². The van der Waals surface area contributed by atoms with Gasteiger partial charge in [0.05, 0.1) is 25.2 Å². The van der Waals surface area contributed by atoms with Crippen LogP contribution in [0.3, 0.4) is 0 Å². The van der Waals surface area contributed by atoms with Gasteiger partial charge in [0.25, 0.3) is 0 Å². The van der Waals surface area contributed by atoms with E-state index >= 15 is 0 Å². The number of carbonyl (C=O) groups is 2. The first-order valence-electron chi connectivity index (χ1n) is 8.69. The fourth-order valence-corrected chi connectivity index (χ4v) is 3.88. The Morgan fingerprint density at radius 1 is 1.21 bits per heavy atom. The third-order valence-corrected chi connectivity index (χ3v) is 5.31. The molecular weight excluding hydrogens is 304 g/mol. The Balaban J connectivity index is 1.71. The summed E-state index contributed by atoms with van der Waals surface area (Å²) in [4.78, 5) is 28.5. The molecule has 2 aliphatic rings. The monoisotopic (exact) mass is 330 g/mol. The standard InChI is InChI=1S/C19H26N2O3/c1-13-5-4-6-14(2)16(13)11-19(23)20-8-7-18-17(12-20)21(15(3)22)9-10-24-18/h4-6,17-18H,7-12H2,1-3H3. The van der Waals surface area contributed by atoms with Crippen LogP contribution in [0.2, 0.25) is 0 Å². The van der Waals surface area contributed by atoms with Gasteiger partial charge in [-0.2, -0.15) is 0 Å². The molecule has 0 spiro atoms. The highest BCUT2D eigenvalue weighted by molar-refractivity contribution is 5.80. The van der Waals surface area contributed by atoms with Gasteiger partial charge < -0.3 is 14.5 Å². The largest absolute Gasteiger partial charge is 0.374 e. The van der Waals surface area contributed by atoms with Crippen LogP contribution in [-0.4, -0.2) is 60.0 Å². The van der Waals surface area contributed by atoms with Gasteiger partial charge in [0.1, 0.15) is 0 Å². The Morgan fingerprint density at radius 2 is 1.92 bits per heavy atom. The molecule has 2 saturated heterocycles. The Morgan fingerprint density at radius 3 is 2.58 bits per heavy atom. The van der Waals surface area contributed by atoms with Gasteiger partial charge in [-0.25, -0.2) is 0 Å². The summed E-state index contributed by atoms with van der Waals surface area (Å²) in [5.74, 6) is 0.206. The summed E-state index contributed by atoms with van der Waals surface area (Å²) in [6.07, 6.45) is 1.29. The zero-order chi connectivity index (χ0) is 17.3. The van der Waals surface area contributed by atoms with E-state index in [1.165, 1.54) is 0 Å². The third kappa shape index (κ3) is 3.31. The molecule has 0 bridgehead atoms. The molecule has 0 saturated carbocycles. The van der Waals surface area contributed by atoms with E-state index in [1.54, 1.807) is 6.92 Å². The highest BCUT2D eigenvalue weighted by Crippen LogP contribution is 2.24. The van der Waals surface area contributed by atoms with Crippen LogP contribution in [0.4, 0.5) is 0 Å². The lowest BCUT2D eigenvalue weighted by atomic mass is 9.96. The van der Waals surface area contributed by atoms with Crippen LogP contribution < -0.4 is 0 Å². The van der Waals surface area contributed by atoms with Crippen LogP contribution in [-0.2, 0) is 20.7 Å². The van der Waals surface area contributed by atoms with Gasteiger partial charge in [0, 0.05) is 26.6 Å². The van der Waals surface area contributed by atoms with Crippen molar-refractivity contribution in [3.05, 3.63) is 34.9 Å². The lowest BCUT2D eigenvalue weighted by Gasteiger charge is -2.46. The number of morpholine rings is 1. The summed E-state index contributed by atoms with van der Waals surface area (Å²) >= 11 is 0. The van der Waals surface area contributed by atoms with Crippen LogP contribution in [0.5, 0.6) is 0 Å². The number of aryl methyl sites for hydroxylation is 2. The van der Waals surface area contributed by atoms with E-state index in [9.17, 15) is 9.59 Å². The topological polar surface area (TPSA) is 49.9 Å². The van der Waals surface area contributed by atoms with E-state index < -0.39 is 0 Å². The Labute approximate surface area is 143 Å². The molecule has 0 N–H and O–H groups in total. The molecule has 0 radical (unpaired) electrons. The lowest BCUT2D eigenvalue weighted by Crippen LogP contribution is -2.61. The van der Waals surface area contributed by atoms with Crippen molar-refractivity contribution in [2.45, 2.75) is 45.8 Å². The highest BCUT2D eigenvalue weighted by atomic mass is 16.5. The molecule has 2 aliphatic heterocycles. The minimum absolute atomic E-state index is 0.00748. The Hall–Kier alpha value is -1.88. The van der Waals surface area contributed by atoms with E-state index in [4.69, 9.17) is 4.74 Å². The van der Waals surface area contributed by atoms with Crippen molar-refractivity contribution in [1.82, 2.24) is 9.80 Å². The zero-order valence-electron chi connectivity index (χ0n) is 14.7. The first-order valence-corrected chi connectivity index (χ1v) is 8.69. The van der Waals surface area contributed by atoms with Crippen molar-refractivity contribution in [1.29, 1.82) is 0 Å². The summed E-state index contributed by atoms with van der Waals surface area (Å²) in [6.45, 7) is 8.19. The number of piperidine rings is 1. The van der Waals surface area contributed by atoms with Crippen molar-refractivity contribution in [2.75, 3.05) is 26.2 Å². The Bertz CT molecular complexity index is 623. The zero-order valence-corrected chi connectivity index (χ0v) is 14.7. The van der Waals surface area contributed by atoms with Crippen LogP contribution in [0.25, 0.3) is 0 Å². The van der Waals surface area contributed by atoms with E-state index in [0.29, 0.717) is 32.7 Å². The van der Waals surface area contributed by atoms with Crippen molar-refractivity contribution in [3.63, 3.8) is 0 Å². The van der Waals surface area contributed by atoms with Crippen LogP contribution in [0, 0.1) is 13.8 Å². The number of hydrogen-bond donors (Lipinski definition) is 0. The first-order chi connectivity index (χ1) is 11.5. The van der Waals surface area contributed by atoms with E-state index in [1.807, 2.05) is 41.8 Å². The molecule has 5 nitrogen and oxygen atoms in total. The van der Waals surface area contributed by atoms with Crippen LogP contribution in [0.15, 0.2) is 18.2 Å². The molecule has 0 aromatic heterocycles. The van der Waals surface area contributed by atoms with Gasteiger partial charge in [-0.3, -0.25) is 9.59 Å². The number of likely N-dealkylation sites (tertiary alicyclic amines) is 1. The van der Waals surface area contributed by atoms with Crippen LogP contribution >= 0.6 is 0 Å². The average Bonchev–Trinajstić information content (AvgIpc) is 2.57. The number of carbonyl (C=O) groups excluding carboxylic acids is 2. The second-order valence-electron chi connectivity index (χ2n) is 6.86. The second-order valence-corrected chi connectivity index (χ2v) is 6.86. The highest BCUT2D eigenvalue weighted by Gasteiger charge is 2.39. The first kappa shape index (κ1) is 17.0. The molecule has 2 amide bonds. The molecule has 2 fully saturated rings. The predicted molar refractivity (Wildman–Crippen MR) is 91.7 cm³/mol. The molecule has 5 heteroatoms. The molecule has 1 aromatic rings. The quantitative estimate of drug-likeness (QED) is 0.829. The summed E-state index contributed by atoms with van der Waals surface area (Å²) in [5, 5.41) is 0. The van der Waals surface area contributed by atoms with Crippen molar-refractivity contribution >= 4 is 11.8 Å². The minimum Gasteiger partial charge on any atom is -0.374 e. The maximum absolute atomic E-state index is 12.8. The summed E-state index contributed by atoms with van der Waals surface area (Å²) in [7, 11) is 0. The molecule has 2 unspecified atom stereocenters. The van der Waals surface area contributed by atoms with Gasteiger partial charge in [-0.15, -0.1) is 0 Å². The molecule has 2 atom stereocenters. The molecule has 1 aromatic carbocycles. The van der Waals surface area contributed by atoms with Gasteiger partial charge >= 0.3 is 0 Å². The number of rotatable bonds is 2. The number of fused-ring (bicyclic) bond motifs is 1. The van der Waals surface area contributed by atoms with E-state index in [0.717, 1.165) is 23.1 Å². The molecular formula is C19H26N2O3. The molecule has 24 heavy (non-hydrogen) atoms.